The Bertz CT molecular complexity index is 1420. The van der Waals surface area contributed by atoms with Gasteiger partial charge in [-0.3, -0.25) is 0 Å². The van der Waals surface area contributed by atoms with Crippen molar-refractivity contribution in [1.29, 1.82) is 0 Å². The van der Waals surface area contributed by atoms with Crippen LogP contribution in [0, 0.1) is 0 Å². The standard InChI is InChI=1S/C33H35F3N2O7/c34-33(35,36)16-5-19-42-28-13-9-24(10-14-28)32(41)45-29-11-6-23(7-12-29)8-15-30(39)43-17-3-1-2-4-18-44-31(40)25-20-26(37)22-27(38)21-25/h6-15,20-22H,1-5,16-19,37-38H2/b15-8+. The van der Waals surface area contributed by atoms with E-state index in [0.29, 0.717) is 41.1 Å². The highest BCUT2D eigenvalue weighted by Gasteiger charge is 2.26. The van der Waals surface area contributed by atoms with Gasteiger partial charge in [0.15, 0.2) is 0 Å². The van der Waals surface area contributed by atoms with Gasteiger partial charge in [-0.05, 0) is 98.3 Å². The van der Waals surface area contributed by atoms with Gasteiger partial charge in [-0.2, -0.15) is 13.2 Å². The zero-order valence-electron chi connectivity index (χ0n) is 24.5. The van der Waals surface area contributed by atoms with Crippen LogP contribution >= 0.6 is 0 Å². The van der Waals surface area contributed by atoms with E-state index in [2.05, 4.69) is 0 Å². The van der Waals surface area contributed by atoms with Crippen LogP contribution in [0.4, 0.5) is 24.5 Å². The van der Waals surface area contributed by atoms with Gasteiger partial charge < -0.3 is 30.4 Å². The number of nitrogens with two attached hydrogens (primary N) is 2. The lowest BCUT2D eigenvalue weighted by Gasteiger charge is -2.09. The van der Waals surface area contributed by atoms with Crippen LogP contribution in [0.1, 0.15) is 64.8 Å². The molecule has 0 spiro atoms. The van der Waals surface area contributed by atoms with Gasteiger partial charge in [0.05, 0.1) is 30.9 Å². The first-order valence-electron chi connectivity index (χ1n) is 14.3. The SMILES string of the molecule is Nc1cc(N)cc(C(=O)OCCCCCCOC(=O)/C=C/c2ccc(OC(=O)c3ccc(OCCCC(F)(F)F)cc3)cc2)c1. The molecular formula is C33H35F3N2O7. The van der Waals surface area contributed by atoms with Crippen molar-refractivity contribution in [3.8, 4) is 11.5 Å². The Balaban J connectivity index is 1.28. The molecule has 0 heterocycles. The maximum Gasteiger partial charge on any atom is 0.389 e. The molecular weight excluding hydrogens is 593 g/mol. The lowest BCUT2D eigenvalue weighted by Crippen LogP contribution is -2.10. The van der Waals surface area contributed by atoms with E-state index in [1.165, 1.54) is 42.5 Å². The minimum Gasteiger partial charge on any atom is -0.494 e. The summed E-state index contributed by atoms with van der Waals surface area (Å²) in [4.78, 5) is 36.5. The molecule has 0 fully saturated rings. The number of unbranched alkanes of at least 4 members (excludes halogenated alkanes) is 3. The van der Waals surface area contributed by atoms with Crippen molar-refractivity contribution in [2.75, 3.05) is 31.3 Å². The molecule has 0 aliphatic rings. The molecule has 240 valence electrons. The molecule has 4 N–H and O–H groups in total. The predicted octanol–water partition coefficient (Wildman–Crippen LogP) is 6.77. The maximum atomic E-state index is 12.4. The number of esters is 3. The summed E-state index contributed by atoms with van der Waals surface area (Å²) < 4.78 is 57.7. The Labute approximate surface area is 258 Å². The second kappa shape index (κ2) is 17.3. The Kier molecular flexibility index (Phi) is 13.3. The van der Waals surface area contributed by atoms with E-state index in [4.69, 9.17) is 30.4 Å². The van der Waals surface area contributed by atoms with Crippen molar-refractivity contribution < 1.29 is 46.5 Å². The molecule has 0 saturated heterocycles. The topological polar surface area (TPSA) is 140 Å². The van der Waals surface area contributed by atoms with Crippen LogP contribution in [-0.2, 0) is 14.3 Å². The first-order valence-corrected chi connectivity index (χ1v) is 14.3. The Morgan fingerprint density at radius 2 is 1.27 bits per heavy atom. The van der Waals surface area contributed by atoms with Crippen molar-refractivity contribution in [1.82, 2.24) is 0 Å². The number of hydrogen-bond donors (Lipinski definition) is 2. The molecule has 0 radical (unpaired) electrons. The number of rotatable bonds is 16. The average molecular weight is 629 g/mol. The van der Waals surface area contributed by atoms with E-state index < -0.39 is 30.5 Å². The smallest absolute Gasteiger partial charge is 0.389 e. The van der Waals surface area contributed by atoms with Crippen LogP contribution in [0.3, 0.4) is 0 Å². The minimum absolute atomic E-state index is 0.0897. The van der Waals surface area contributed by atoms with Gasteiger partial charge in [0, 0.05) is 23.9 Å². The summed E-state index contributed by atoms with van der Waals surface area (Å²) in [5, 5.41) is 0. The van der Waals surface area contributed by atoms with Gasteiger partial charge >= 0.3 is 24.1 Å². The molecule has 3 aromatic carbocycles. The lowest BCUT2D eigenvalue weighted by molar-refractivity contribution is -0.138. The Hall–Kier alpha value is -5.00. The summed E-state index contributed by atoms with van der Waals surface area (Å²) in [5.41, 5.74) is 13.4. The summed E-state index contributed by atoms with van der Waals surface area (Å²) in [6, 6.07) is 16.9. The molecule has 3 aromatic rings. The monoisotopic (exact) mass is 628 g/mol. The number of anilines is 2. The normalized spacial score (nSPS) is 11.3. The predicted molar refractivity (Wildman–Crippen MR) is 163 cm³/mol. The van der Waals surface area contributed by atoms with Crippen molar-refractivity contribution in [3.63, 3.8) is 0 Å². The van der Waals surface area contributed by atoms with Crippen LogP contribution in [0.15, 0.2) is 72.8 Å². The van der Waals surface area contributed by atoms with Crippen LogP contribution in [-0.4, -0.2) is 43.9 Å². The molecule has 0 aromatic heterocycles. The summed E-state index contributed by atoms with van der Waals surface area (Å²) in [6.45, 7) is 0.426. The zero-order valence-corrected chi connectivity index (χ0v) is 24.5. The van der Waals surface area contributed by atoms with E-state index in [0.717, 1.165) is 12.8 Å². The van der Waals surface area contributed by atoms with Crippen molar-refractivity contribution in [3.05, 3.63) is 89.5 Å². The molecule has 0 atom stereocenters. The van der Waals surface area contributed by atoms with Gasteiger partial charge in [0.1, 0.15) is 11.5 Å². The molecule has 0 aliphatic heterocycles. The molecule has 45 heavy (non-hydrogen) atoms. The number of ether oxygens (including phenoxy) is 4. The molecule has 0 aliphatic carbocycles. The summed E-state index contributed by atoms with van der Waals surface area (Å²) >= 11 is 0. The first kappa shape index (κ1) is 34.5. The van der Waals surface area contributed by atoms with Gasteiger partial charge in [-0.25, -0.2) is 14.4 Å². The largest absolute Gasteiger partial charge is 0.494 e. The molecule has 0 bridgehead atoms. The second-order valence-electron chi connectivity index (χ2n) is 9.99. The van der Waals surface area contributed by atoms with E-state index in [1.807, 2.05) is 0 Å². The number of hydrogen-bond acceptors (Lipinski definition) is 9. The highest BCUT2D eigenvalue weighted by molar-refractivity contribution is 5.92. The van der Waals surface area contributed by atoms with Gasteiger partial charge in [0.2, 0.25) is 0 Å². The molecule has 0 unspecified atom stereocenters. The number of carbonyl (C=O) groups is 3. The third-order valence-electron chi connectivity index (χ3n) is 6.20. The van der Waals surface area contributed by atoms with E-state index >= 15 is 0 Å². The number of carbonyl (C=O) groups excluding carboxylic acids is 3. The number of nitrogen functional groups attached to an aromatic ring is 2. The fraction of sp³-hybridized carbons (Fsp3) is 0.303. The van der Waals surface area contributed by atoms with Crippen molar-refractivity contribution in [2.24, 2.45) is 0 Å². The van der Waals surface area contributed by atoms with E-state index in [1.54, 1.807) is 36.4 Å². The highest BCUT2D eigenvalue weighted by atomic mass is 19.4. The summed E-state index contributed by atoms with van der Waals surface area (Å²) in [7, 11) is 0. The summed E-state index contributed by atoms with van der Waals surface area (Å²) in [5.74, 6) is -0.953. The van der Waals surface area contributed by atoms with Crippen LogP contribution < -0.4 is 20.9 Å². The quantitative estimate of drug-likeness (QED) is 0.0578. The van der Waals surface area contributed by atoms with E-state index in [-0.39, 0.29) is 37.6 Å². The maximum absolute atomic E-state index is 12.4. The lowest BCUT2D eigenvalue weighted by atomic mass is 10.2. The van der Waals surface area contributed by atoms with Gasteiger partial charge in [-0.1, -0.05) is 12.1 Å². The minimum atomic E-state index is -4.22. The third kappa shape index (κ3) is 13.5. The van der Waals surface area contributed by atoms with Crippen LogP contribution in [0.2, 0.25) is 0 Å². The molecule has 0 amide bonds. The fourth-order valence-corrected chi connectivity index (χ4v) is 3.95. The average Bonchev–Trinajstić information content (AvgIpc) is 2.99. The Morgan fingerprint density at radius 1 is 0.667 bits per heavy atom. The molecule has 0 saturated carbocycles. The molecule has 9 nitrogen and oxygen atoms in total. The van der Waals surface area contributed by atoms with Crippen LogP contribution in [0.25, 0.3) is 6.08 Å². The van der Waals surface area contributed by atoms with Crippen molar-refractivity contribution in [2.45, 2.75) is 44.7 Å². The van der Waals surface area contributed by atoms with E-state index in [9.17, 15) is 27.6 Å². The Morgan fingerprint density at radius 3 is 1.89 bits per heavy atom. The number of halogens is 3. The number of benzene rings is 3. The summed E-state index contributed by atoms with van der Waals surface area (Å²) in [6.07, 6.45) is 0.489. The second-order valence-corrected chi connectivity index (χ2v) is 9.99. The fourth-order valence-electron chi connectivity index (χ4n) is 3.95. The van der Waals surface area contributed by atoms with Gasteiger partial charge in [0.25, 0.3) is 0 Å². The first-order chi connectivity index (χ1) is 21.5. The van der Waals surface area contributed by atoms with Crippen LogP contribution in [0.5, 0.6) is 11.5 Å². The molecule has 12 heteroatoms. The third-order valence-corrected chi connectivity index (χ3v) is 6.20. The molecule has 3 rings (SSSR count). The highest BCUT2D eigenvalue weighted by Crippen LogP contribution is 2.22. The van der Waals surface area contributed by atoms with Crippen molar-refractivity contribution >= 4 is 35.4 Å². The van der Waals surface area contributed by atoms with Gasteiger partial charge in [-0.15, -0.1) is 0 Å². The zero-order chi connectivity index (χ0) is 32.7. The number of alkyl halides is 3.